The molecule has 0 N–H and O–H groups in total. The Hall–Kier alpha value is -6.38. The Labute approximate surface area is 292 Å². The zero-order chi connectivity index (χ0) is 33.3. The molecule has 2 heteroatoms. The van der Waals surface area contributed by atoms with E-state index in [0.717, 1.165) is 63.0 Å². The summed E-state index contributed by atoms with van der Waals surface area (Å²) in [4.78, 5) is 2.34. The van der Waals surface area contributed by atoms with Gasteiger partial charge in [-0.25, -0.2) is 0 Å². The Bertz CT molecular complexity index is 2490. The number of rotatable bonds is 7. The molecule has 238 valence electrons. The molecule has 0 saturated heterocycles. The fourth-order valence-electron chi connectivity index (χ4n) is 7.24. The Morgan fingerprint density at radius 3 is 1.42 bits per heavy atom. The van der Waals surface area contributed by atoms with E-state index in [9.17, 15) is 0 Å². The molecule has 8 aromatic rings. The van der Waals surface area contributed by atoms with E-state index in [4.69, 9.17) is 4.42 Å². The van der Waals surface area contributed by atoms with Gasteiger partial charge in [-0.2, -0.15) is 0 Å². The van der Waals surface area contributed by atoms with Crippen molar-refractivity contribution >= 4 is 50.1 Å². The molecule has 0 amide bonds. The van der Waals surface area contributed by atoms with Gasteiger partial charge in [-0.3, -0.25) is 0 Å². The van der Waals surface area contributed by atoms with Crippen molar-refractivity contribution < 1.29 is 4.42 Å². The average molecular weight is 642 g/mol. The van der Waals surface area contributed by atoms with Gasteiger partial charge in [0.2, 0.25) is 0 Å². The maximum atomic E-state index is 6.37. The maximum absolute atomic E-state index is 6.37. The predicted octanol–water partition coefficient (Wildman–Crippen LogP) is 13.7. The maximum Gasteiger partial charge on any atom is 0.143 e. The molecule has 0 atom stereocenters. The third-order valence-electron chi connectivity index (χ3n) is 9.86. The van der Waals surface area contributed by atoms with Crippen LogP contribution in [0.15, 0.2) is 192 Å². The molecule has 0 radical (unpaired) electrons. The van der Waals surface area contributed by atoms with Gasteiger partial charge in [0.1, 0.15) is 11.2 Å². The third kappa shape index (κ3) is 5.61. The molecule has 1 heterocycles. The molecule has 0 saturated carbocycles. The van der Waals surface area contributed by atoms with Crippen molar-refractivity contribution in [3.05, 3.63) is 199 Å². The molecule has 9 rings (SSSR count). The van der Waals surface area contributed by atoms with Crippen molar-refractivity contribution in [1.29, 1.82) is 0 Å². The van der Waals surface area contributed by atoms with Crippen LogP contribution in [0.5, 0.6) is 0 Å². The number of allylic oxidation sites excluding steroid dienone is 4. The van der Waals surface area contributed by atoms with Gasteiger partial charge in [0, 0.05) is 33.4 Å². The lowest BCUT2D eigenvalue weighted by Gasteiger charge is -2.26. The third-order valence-corrected chi connectivity index (χ3v) is 9.86. The first-order valence-electron chi connectivity index (χ1n) is 17.3. The first kappa shape index (κ1) is 29.7. The van der Waals surface area contributed by atoms with Gasteiger partial charge in [-0.05, 0) is 94.3 Å². The van der Waals surface area contributed by atoms with Crippen LogP contribution in [0.4, 0.5) is 17.1 Å². The highest BCUT2D eigenvalue weighted by molar-refractivity contribution is 6.09. The fourth-order valence-corrected chi connectivity index (χ4v) is 7.24. The number of hydrogen-bond acceptors (Lipinski definition) is 2. The lowest BCUT2D eigenvalue weighted by Crippen LogP contribution is -2.10. The summed E-state index contributed by atoms with van der Waals surface area (Å²) in [5.41, 5.74) is 15.1. The number of furan rings is 1. The second kappa shape index (κ2) is 12.9. The lowest BCUT2D eigenvalue weighted by molar-refractivity contribution is 0.670. The number of nitrogens with zero attached hydrogens (tertiary/aromatic N) is 1. The summed E-state index contributed by atoms with van der Waals surface area (Å²) in [5.74, 6) is 0. The van der Waals surface area contributed by atoms with Crippen molar-refractivity contribution in [3.8, 4) is 22.3 Å². The molecule has 1 aliphatic carbocycles. The van der Waals surface area contributed by atoms with Crippen molar-refractivity contribution in [2.75, 3.05) is 4.90 Å². The zero-order valence-electron chi connectivity index (χ0n) is 27.7. The summed E-state index contributed by atoms with van der Waals surface area (Å²) in [6, 6.07) is 62.7. The first-order valence-corrected chi connectivity index (χ1v) is 17.3. The largest absolute Gasteiger partial charge is 0.455 e. The van der Waals surface area contributed by atoms with E-state index in [0.29, 0.717) is 0 Å². The Balaban J connectivity index is 1.07. The van der Waals surface area contributed by atoms with Crippen LogP contribution in [0.2, 0.25) is 0 Å². The van der Waals surface area contributed by atoms with E-state index >= 15 is 0 Å². The summed E-state index contributed by atoms with van der Waals surface area (Å²) >= 11 is 0. The second-order valence-corrected chi connectivity index (χ2v) is 12.9. The molecule has 2 nitrogen and oxygen atoms in total. The monoisotopic (exact) mass is 641 g/mol. The Kier molecular flexibility index (Phi) is 7.68. The average Bonchev–Trinajstić information content (AvgIpc) is 3.59. The Morgan fingerprint density at radius 1 is 0.360 bits per heavy atom. The van der Waals surface area contributed by atoms with Crippen LogP contribution in [0, 0.1) is 0 Å². The van der Waals surface area contributed by atoms with E-state index in [1.807, 2.05) is 12.1 Å². The Morgan fingerprint density at radius 2 is 0.820 bits per heavy atom. The normalized spacial score (nSPS) is 12.9. The van der Waals surface area contributed by atoms with Gasteiger partial charge >= 0.3 is 0 Å². The minimum atomic E-state index is 0.914. The van der Waals surface area contributed by atoms with Gasteiger partial charge in [0.25, 0.3) is 0 Å². The minimum Gasteiger partial charge on any atom is -0.455 e. The van der Waals surface area contributed by atoms with Gasteiger partial charge in [-0.1, -0.05) is 146 Å². The molecule has 50 heavy (non-hydrogen) atoms. The highest BCUT2D eigenvalue weighted by Crippen LogP contribution is 2.40. The molecule has 0 aliphatic heterocycles. The molecule has 7 aromatic carbocycles. The van der Waals surface area contributed by atoms with Crippen molar-refractivity contribution in [3.63, 3.8) is 0 Å². The van der Waals surface area contributed by atoms with Crippen molar-refractivity contribution in [2.24, 2.45) is 0 Å². The first-order chi connectivity index (χ1) is 24.8. The number of para-hydroxylation sites is 2. The standard InChI is InChI=1S/C48H35NO/c1-3-10-34(11-4-1)36-18-20-37(21-19-36)39-24-30-42(31-25-39)49(41-28-22-38(23-29-41)35-12-5-2-6-13-35)43-32-26-40(27-33-43)44-15-9-16-46-45-14-7-8-17-47(45)50-48(44)46/h1-18,20,22-33H,19,21H2. The van der Waals surface area contributed by atoms with E-state index in [1.165, 1.54) is 33.4 Å². The molecular formula is C48H35NO. The summed E-state index contributed by atoms with van der Waals surface area (Å²) in [6.07, 6.45) is 6.66. The van der Waals surface area contributed by atoms with E-state index < -0.39 is 0 Å². The van der Waals surface area contributed by atoms with Crippen molar-refractivity contribution in [2.45, 2.75) is 12.8 Å². The fraction of sp³-hybridized carbons (Fsp3) is 0.0417. The summed E-state index contributed by atoms with van der Waals surface area (Å²) in [6.45, 7) is 0. The van der Waals surface area contributed by atoms with Crippen LogP contribution >= 0.6 is 0 Å². The van der Waals surface area contributed by atoms with Crippen LogP contribution in [0.25, 0.3) is 55.3 Å². The number of benzene rings is 7. The van der Waals surface area contributed by atoms with Crippen LogP contribution in [0.3, 0.4) is 0 Å². The molecule has 1 aliphatic rings. The zero-order valence-corrected chi connectivity index (χ0v) is 27.7. The van der Waals surface area contributed by atoms with Gasteiger partial charge < -0.3 is 9.32 Å². The number of anilines is 3. The summed E-state index contributed by atoms with van der Waals surface area (Å²) < 4.78 is 6.37. The van der Waals surface area contributed by atoms with Gasteiger partial charge in [-0.15, -0.1) is 0 Å². The quantitative estimate of drug-likeness (QED) is 0.172. The molecule has 0 fully saturated rings. The van der Waals surface area contributed by atoms with E-state index in [1.54, 1.807) is 0 Å². The molecule has 0 unspecified atom stereocenters. The molecular weight excluding hydrogens is 607 g/mol. The van der Waals surface area contributed by atoms with Gasteiger partial charge in [0.05, 0.1) is 0 Å². The lowest BCUT2D eigenvalue weighted by atomic mass is 9.90. The topological polar surface area (TPSA) is 16.4 Å². The van der Waals surface area contributed by atoms with Crippen LogP contribution in [0.1, 0.15) is 24.0 Å². The smallest absolute Gasteiger partial charge is 0.143 e. The summed E-state index contributed by atoms with van der Waals surface area (Å²) in [5, 5.41) is 2.29. The van der Waals surface area contributed by atoms with Crippen LogP contribution < -0.4 is 4.90 Å². The SMILES string of the molecule is C1=C(c2ccccc2)CCC(c2ccc(N(c3ccc(-c4ccccc4)cc3)c3ccc(-c4cccc5c4oc4ccccc45)cc3)cc2)=C1. The van der Waals surface area contributed by atoms with E-state index in [-0.39, 0.29) is 0 Å². The number of hydrogen-bond donors (Lipinski definition) is 0. The van der Waals surface area contributed by atoms with E-state index in [2.05, 4.69) is 181 Å². The highest BCUT2D eigenvalue weighted by Gasteiger charge is 2.17. The molecule has 0 spiro atoms. The predicted molar refractivity (Wildman–Crippen MR) is 211 cm³/mol. The second-order valence-electron chi connectivity index (χ2n) is 12.9. The van der Waals surface area contributed by atoms with Crippen molar-refractivity contribution in [1.82, 2.24) is 0 Å². The van der Waals surface area contributed by atoms with Gasteiger partial charge in [0.15, 0.2) is 0 Å². The number of fused-ring (bicyclic) bond motifs is 3. The highest BCUT2D eigenvalue weighted by atomic mass is 16.3. The molecule has 0 bridgehead atoms. The summed E-state index contributed by atoms with van der Waals surface area (Å²) in [7, 11) is 0. The molecule has 1 aromatic heterocycles. The minimum absolute atomic E-state index is 0.914. The van der Waals surface area contributed by atoms with Crippen LogP contribution in [-0.2, 0) is 0 Å². The van der Waals surface area contributed by atoms with Crippen LogP contribution in [-0.4, -0.2) is 0 Å².